The first-order valence-electron chi connectivity index (χ1n) is 11.4. The third kappa shape index (κ3) is 4.39. The quantitative estimate of drug-likeness (QED) is 0.170. The van der Waals surface area contributed by atoms with E-state index in [4.69, 9.17) is 9.47 Å². The Kier molecular flexibility index (Phi) is 6.55. The molecule has 0 saturated heterocycles. The van der Waals surface area contributed by atoms with Crippen molar-refractivity contribution in [3.05, 3.63) is 120 Å². The molecule has 1 aliphatic heterocycles. The number of rotatable bonds is 6. The van der Waals surface area contributed by atoms with Crippen molar-refractivity contribution in [2.75, 3.05) is 7.11 Å². The van der Waals surface area contributed by atoms with Crippen LogP contribution in [0, 0.1) is 13.7 Å². The number of hydrogen-bond acceptors (Lipinski definition) is 7. The zero-order valence-electron chi connectivity index (χ0n) is 19.9. The highest BCUT2D eigenvalue weighted by atomic mass is 127. The maximum absolute atomic E-state index is 13.5. The molecule has 0 spiro atoms. The Balaban J connectivity index is 1.49. The highest BCUT2D eigenvalue weighted by Gasteiger charge is 2.42. The Bertz CT molecular complexity index is 1520. The molecule has 1 aliphatic carbocycles. The summed E-state index contributed by atoms with van der Waals surface area (Å²) in [5, 5.41) is 14.1. The predicted octanol–water partition coefficient (Wildman–Crippen LogP) is 5.52. The fraction of sp³-hybridized carbons (Fsp3) is 0.143. The van der Waals surface area contributed by atoms with Gasteiger partial charge in [-0.2, -0.15) is 0 Å². The van der Waals surface area contributed by atoms with Gasteiger partial charge in [0, 0.05) is 40.4 Å². The smallest absolute Gasteiger partial charge is 0.336 e. The SMILES string of the molecule is COC(=O)C1=C(C)NC2=C(C(=O)c3ccccc32)[C@@H]1c1ccc(OCc2ccc([N+](=O)[O-])cc2)c(I)c1. The van der Waals surface area contributed by atoms with E-state index in [9.17, 15) is 19.7 Å². The number of nitro groups is 1. The van der Waals surface area contributed by atoms with Crippen LogP contribution in [0.15, 0.2) is 83.6 Å². The van der Waals surface area contributed by atoms with Gasteiger partial charge in [-0.15, -0.1) is 0 Å². The first kappa shape index (κ1) is 24.7. The lowest BCUT2D eigenvalue weighted by Crippen LogP contribution is -2.29. The molecular weight excluding hydrogens is 587 g/mol. The van der Waals surface area contributed by atoms with Crippen molar-refractivity contribution in [1.82, 2.24) is 5.32 Å². The Morgan fingerprint density at radius 3 is 2.43 bits per heavy atom. The van der Waals surface area contributed by atoms with Crippen LogP contribution >= 0.6 is 22.6 Å². The molecule has 0 amide bonds. The van der Waals surface area contributed by atoms with E-state index >= 15 is 0 Å². The molecule has 3 aromatic rings. The normalized spacial score (nSPS) is 16.2. The average Bonchev–Trinajstić information content (AvgIpc) is 3.18. The van der Waals surface area contributed by atoms with Gasteiger partial charge in [0.15, 0.2) is 5.78 Å². The van der Waals surface area contributed by atoms with E-state index in [1.54, 1.807) is 25.1 Å². The van der Waals surface area contributed by atoms with E-state index in [0.717, 1.165) is 20.3 Å². The first-order valence-corrected chi connectivity index (χ1v) is 12.5. The van der Waals surface area contributed by atoms with Gasteiger partial charge >= 0.3 is 5.97 Å². The Morgan fingerprint density at radius 1 is 1.08 bits per heavy atom. The number of nitrogens with one attached hydrogen (secondary N) is 1. The van der Waals surface area contributed by atoms with Gasteiger partial charge in [0.2, 0.25) is 0 Å². The van der Waals surface area contributed by atoms with Crippen LogP contribution < -0.4 is 10.1 Å². The number of halogens is 1. The number of nitrogens with zero attached hydrogens (tertiary/aromatic N) is 1. The summed E-state index contributed by atoms with van der Waals surface area (Å²) in [7, 11) is 1.33. The molecule has 0 unspecified atom stereocenters. The van der Waals surface area contributed by atoms with Gasteiger partial charge in [0.1, 0.15) is 12.4 Å². The second kappa shape index (κ2) is 9.81. The van der Waals surface area contributed by atoms with E-state index < -0.39 is 16.8 Å². The van der Waals surface area contributed by atoms with Gasteiger partial charge in [0.05, 0.1) is 26.9 Å². The van der Waals surface area contributed by atoms with Crippen LogP contribution in [0.3, 0.4) is 0 Å². The zero-order chi connectivity index (χ0) is 26.3. The number of non-ortho nitro benzene ring substituents is 1. The van der Waals surface area contributed by atoms with Crippen molar-refractivity contribution >= 4 is 45.7 Å². The van der Waals surface area contributed by atoms with Crippen LogP contribution in [0.4, 0.5) is 5.69 Å². The number of carbonyl (C=O) groups is 2. The van der Waals surface area contributed by atoms with Crippen LogP contribution in [-0.2, 0) is 16.1 Å². The molecule has 3 aromatic carbocycles. The summed E-state index contributed by atoms with van der Waals surface area (Å²) >= 11 is 2.16. The highest BCUT2D eigenvalue weighted by molar-refractivity contribution is 14.1. The molecule has 37 heavy (non-hydrogen) atoms. The third-order valence-electron chi connectivity index (χ3n) is 6.48. The van der Waals surface area contributed by atoms with Crippen LogP contribution in [0.1, 0.15) is 39.9 Å². The van der Waals surface area contributed by atoms with Crippen molar-refractivity contribution in [3.8, 4) is 5.75 Å². The fourth-order valence-corrected chi connectivity index (χ4v) is 5.43. The fourth-order valence-electron chi connectivity index (χ4n) is 4.73. The maximum atomic E-state index is 13.5. The molecule has 0 aromatic heterocycles. The molecule has 8 nitrogen and oxygen atoms in total. The summed E-state index contributed by atoms with van der Waals surface area (Å²) in [5.74, 6) is -0.614. The number of benzene rings is 3. The topological polar surface area (TPSA) is 108 Å². The first-order chi connectivity index (χ1) is 17.8. The molecule has 186 valence electrons. The van der Waals surface area contributed by atoms with E-state index in [1.807, 2.05) is 36.4 Å². The number of nitro benzene ring substituents is 1. The molecule has 0 fully saturated rings. The van der Waals surface area contributed by atoms with Gasteiger partial charge in [-0.05, 0) is 64.9 Å². The molecule has 1 N–H and O–H groups in total. The van der Waals surface area contributed by atoms with Gasteiger partial charge in [0.25, 0.3) is 5.69 Å². The second-order valence-electron chi connectivity index (χ2n) is 8.65. The Morgan fingerprint density at radius 2 is 1.78 bits per heavy atom. The molecule has 0 radical (unpaired) electrons. The Hall–Kier alpha value is -3.99. The number of hydrogen-bond donors (Lipinski definition) is 1. The lowest BCUT2D eigenvalue weighted by molar-refractivity contribution is -0.384. The van der Waals surface area contributed by atoms with Crippen molar-refractivity contribution in [3.63, 3.8) is 0 Å². The average molecular weight is 608 g/mol. The molecule has 2 aliphatic rings. The number of ether oxygens (including phenoxy) is 2. The number of methoxy groups -OCH3 is 1. The van der Waals surface area contributed by atoms with Crippen molar-refractivity contribution in [1.29, 1.82) is 0 Å². The van der Waals surface area contributed by atoms with Crippen molar-refractivity contribution < 1.29 is 24.0 Å². The molecular formula is C28H21IN2O6. The summed E-state index contributed by atoms with van der Waals surface area (Å²) < 4.78 is 11.9. The molecule has 0 bridgehead atoms. The van der Waals surface area contributed by atoms with Gasteiger partial charge in [-0.1, -0.05) is 30.3 Å². The molecule has 5 rings (SSSR count). The number of fused-ring (bicyclic) bond motifs is 2. The van der Waals surface area contributed by atoms with Gasteiger partial charge in [-0.3, -0.25) is 14.9 Å². The monoisotopic (exact) mass is 608 g/mol. The third-order valence-corrected chi connectivity index (χ3v) is 7.33. The number of allylic oxidation sites excluding steroid dienone is 2. The lowest BCUT2D eigenvalue weighted by Gasteiger charge is -2.29. The van der Waals surface area contributed by atoms with Crippen LogP contribution in [0.5, 0.6) is 5.75 Å². The number of Topliss-reactive ketones (excluding diaryl/α,β-unsaturated/α-hetero) is 1. The highest BCUT2D eigenvalue weighted by Crippen LogP contribution is 2.47. The second-order valence-corrected chi connectivity index (χ2v) is 9.82. The van der Waals surface area contributed by atoms with E-state index in [0.29, 0.717) is 33.9 Å². The summed E-state index contributed by atoms with van der Waals surface area (Å²) in [6, 6.07) is 19.1. The molecule has 9 heteroatoms. The van der Waals surface area contributed by atoms with Gasteiger partial charge < -0.3 is 14.8 Å². The number of esters is 1. The number of dihydropyridines is 1. The predicted molar refractivity (Wildman–Crippen MR) is 145 cm³/mol. The van der Waals surface area contributed by atoms with E-state index in [1.165, 1.54) is 19.2 Å². The summed E-state index contributed by atoms with van der Waals surface area (Å²) in [6.45, 7) is 2.04. The molecule has 0 saturated carbocycles. The van der Waals surface area contributed by atoms with Crippen LogP contribution in [0.25, 0.3) is 5.70 Å². The maximum Gasteiger partial charge on any atom is 0.336 e. The largest absolute Gasteiger partial charge is 0.488 e. The number of ketones is 1. The van der Waals surface area contributed by atoms with Crippen molar-refractivity contribution in [2.24, 2.45) is 0 Å². The van der Waals surface area contributed by atoms with Crippen molar-refractivity contribution in [2.45, 2.75) is 19.4 Å². The zero-order valence-corrected chi connectivity index (χ0v) is 22.1. The minimum Gasteiger partial charge on any atom is -0.488 e. The summed E-state index contributed by atoms with van der Waals surface area (Å²) in [4.78, 5) is 36.8. The van der Waals surface area contributed by atoms with E-state index in [2.05, 4.69) is 27.9 Å². The number of carbonyl (C=O) groups excluding carboxylic acids is 2. The molecule has 1 atom stereocenters. The summed E-state index contributed by atoms with van der Waals surface area (Å²) in [5.41, 5.74) is 5.24. The minimum absolute atomic E-state index is 0.0201. The van der Waals surface area contributed by atoms with Gasteiger partial charge in [-0.25, -0.2) is 4.79 Å². The van der Waals surface area contributed by atoms with Crippen LogP contribution in [0.2, 0.25) is 0 Å². The van der Waals surface area contributed by atoms with E-state index in [-0.39, 0.29) is 18.1 Å². The standard InChI is InChI=1S/C28H21IN2O6/c1-15-23(28(33)36-2)24(25-26(30-15)19-5-3-4-6-20(19)27(25)32)17-9-12-22(21(29)13-17)37-14-16-7-10-18(11-8-16)31(34)35/h3-13,24,30H,14H2,1-2H3/t24-/m1/s1. The molecule has 1 heterocycles. The lowest BCUT2D eigenvalue weighted by atomic mass is 9.80. The Labute approximate surface area is 226 Å². The van der Waals surface area contributed by atoms with Crippen LogP contribution in [-0.4, -0.2) is 23.8 Å². The minimum atomic E-state index is -0.610. The summed E-state index contributed by atoms with van der Waals surface area (Å²) in [6.07, 6.45) is 0.